The minimum atomic E-state index is 0.583. The summed E-state index contributed by atoms with van der Waals surface area (Å²) in [6.07, 6.45) is 1.31. The smallest absolute Gasteiger partial charge is 0.000821 e. The van der Waals surface area contributed by atoms with Crippen molar-refractivity contribution in [2.45, 2.75) is 27.2 Å². The van der Waals surface area contributed by atoms with Crippen LogP contribution in [0.5, 0.6) is 0 Å². The van der Waals surface area contributed by atoms with Crippen molar-refractivity contribution in [2.24, 2.45) is 11.3 Å². The first-order chi connectivity index (χ1) is 4.19. The molecule has 1 aliphatic rings. The maximum absolute atomic E-state index is 3.41. The van der Waals surface area contributed by atoms with Crippen molar-refractivity contribution in [2.75, 3.05) is 13.1 Å². The van der Waals surface area contributed by atoms with Crippen LogP contribution in [0.4, 0.5) is 0 Å². The monoisotopic (exact) mass is 127 g/mol. The van der Waals surface area contributed by atoms with Gasteiger partial charge in [0.1, 0.15) is 0 Å². The molecule has 0 amide bonds. The normalized spacial score (nSPS) is 43.7. The van der Waals surface area contributed by atoms with Gasteiger partial charge in [0.25, 0.3) is 0 Å². The number of rotatable bonds is 1. The minimum absolute atomic E-state index is 0.583. The van der Waals surface area contributed by atoms with Crippen molar-refractivity contribution in [1.29, 1.82) is 0 Å². The van der Waals surface area contributed by atoms with E-state index >= 15 is 0 Å². The van der Waals surface area contributed by atoms with Crippen molar-refractivity contribution in [3.05, 3.63) is 0 Å². The van der Waals surface area contributed by atoms with Crippen molar-refractivity contribution >= 4 is 0 Å². The number of nitrogens with one attached hydrogen (secondary N) is 1. The lowest BCUT2D eigenvalue weighted by Gasteiger charge is -2.25. The molecule has 0 aliphatic carbocycles. The van der Waals surface area contributed by atoms with Crippen LogP contribution in [0.25, 0.3) is 0 Å². The number of hydrogen-bond acceptors (Lipinski definition) is 1. The zero-order valence-corrected chi connectivity index (χ0v) is 6.70. The van der Waals surface area contributed by atoms with Crippen molar-refractivity contribution in [1.82, 2.24) is 5.32 Å². The summed E-state index contributed by atoms with van der Waals surface area (Å²) in [4.78, 5) is 0. The van der Waals surface area contributed by atoms with E-state index in [2.05, 4.69) is 26.1 Å². The first kappa shape index (κ1) is 7.07. The average molecular weight is 127 g/mol. The molecule has 1 saturated heterocycles. The van der Waals surface area contributed by atoms with Gasteiger partial charge in [-0.05, 0) is 24.3 Å². The zero-order chi connectivity index (χ0) is 6.91. The molecule has 1 heterocycles. The lowest BCUT2D eigenvalue weighted by molar-refractivity contribution is 0.264. The van der Waals surface area contributed by atoms with Crippen LogP contribution >= 0.6 is 0 Å². The summed E-state index contributed by atoms with van der Waals surface area (Å²) in [5, 5.41) is 3.41. The Balaban J connectivity index is 2.56. The Morgan fingerprint density at radius 3 is 2.56 bits per heavy atom. The van der Waals surface area contributed by atoms with Gasteiger partial charge >= 0.3 is 0 Å². The SMILES string of the molecule is CC[C@]1(C)CNC[C@@H]1C. The largest absolute Gasteiger partial charge is 0.316 e. The third-order valence-electron chi connectivity index (χ3n) is 2.98. The Hall–Kier alpha value is -0.0400. The molecule has 1 N–H and O–H groups in total. The summed E-state index contributed by atoms with van der Waals surface area (Å²) in [6, 6.07) is 0. The maximum Gasteiger partial charge on any atom is 0.000821 e. The van der Waals surface area contributed by atoms with E-state index in [4.69, 9.17) is 0 Å². The fourth-order valence-electron chi connectivity index (χ4n) is 1.47. The Bertz CT molecular complexity index is 101. The molecule has 0 aromatic rings. The van der Waals surface area contributed by atoms with E-state index in [1.165, 1.54) is 19.5 Å². The molecule has 1 nitrogen and oxygen atoms in total. The molecule has 1 aliphatic heterocycles. The summed E-state index contributed by atoms with van der Waals surface area (Å²) in [5.74, 6) is 0.863. The molecule has 0 saturated carbocycles. The van der Waals surface area contributed by atoms with Crippen LogP contribution in [-0.4, -0.2) is 13.1 Å². The molecule has 2 atom stereocenters. The van der Waals surface area contributed by atoms with E-state index in [1.54, 1.807) is 0 Å². The third-order valence-corrected chi connectivity index (χ3v) is 2.98. The second-order valence-corrected chi connectivity index (χ2v) is 3.54. The van der Waals surface area contributed by atoms with Gasteiger partial charge in [0.15, 0.2) is 0 Å². The molecule has 54 valence electrons. The third kappa shape index (κ3) is 1.11. The molecule has 0 spiro atoms. The molecule has 1 heteroatoms. The molecule has 0 aromatic heterocycles. The summed E-state index contributed by atoms with van der Waals surface area (Å²) in [5.41, 5.74) is 0.583. The molecule has 0 bridgehead atoms. The van der Waals surface area contributed by atoms with Gasteiger partial charge in [0.2, 0.25) is 0 Å². The van der Waals surface area contributed by atoms with Gasteiger partial charge in [0, 0.05) is 6.54 Å². The Labute approximate surface area is 57.8 Å². The van der Waals surface area contributed by atoms with E-state index in [0.29, 0.717) is 5.41 Å². The molecule has 0 radical (unpaired) electrons. The summed E-state index contributed by atoms with van der Waals surface area (Å²) in [7, 11) is 0. The second kappa shape index (κ2) is 2.30. The van der Waals surface area contributed by atoms with Crippen LogP contribution in [-0.2, 0) is 0 Å². The van der Waals surface area contributed by atoms with Crippen LogP contribution in [0.1, 0.15) is 27.2 Å². The van der Waals surface area contributed by atoms with Crippen LogP contribution in [0, 0.1) is 11.3 Å². The highest BCUT2D eigenvalue weighted by Crippen LogP contribution is 2.33. The van der Waals surface area contributed by atoms with Crippen LogP contribution in [0.3, 0.4) is 0 Å². The predicted octanol–water partition coefficient (Wildman–Crippen LogP) is 1.64. The molecule has 1 fully saturated rings. The zero-order valence-electron chi connectivity index (χ0n) is 6.70. The molecule has 0 unspecified atom stereocenters. The lowest BCUT2D eigenvalue weighted by Crippen LogP contribution is -2.23. The van der Waals surface area contributed by atoms with Crippen LogP contribution in [0.15, 0.2) is 0 Å². The van der Waals surface area contributed by atoms with Gasteiger partial charge in [-0.2, -0.15) is 0 Å². The fourth-order valence-corrected chi connectivity index (χ4v) is 1.47. The van der Waals surface area contributed by atoms with Gasteiger partial charge in [-0.3, -0.25) is 0 Å². The standard InChI is InChI=1S/C8H17N/c1-4-8(3)6-9-5-7(8)2/h7,9H,4-6H2,1-3H3/t7-,8+/m0/s1. The van der Waals surface area contributed by atoms with Gasteiger partial charge in [-0.25, -0.2) is 0 Å². The Morgan fingerprint density at radius 1 is 1.67 bits per heavy atom. The summed E-state index contributed by atoms with van der Waals surface area (Å²) < 4.78 is 0. The topological polar surface area (TPSA) is 12.0 Å². The number of hydrogen-bond donors (Lipinski definition) is 1. The first-order valence-electron chi connectivity index (χ1n) is 3.90. The van der Waals surface area contributed by atoms with E-state index in [1.807, 2.05) is 0 Å². The van der Waals surface area contributed by atoms with Crippen molar-refractivity contribution < 1.29 is 0 Å². The lowest BCUT2D eigenvalue weighted by atomic mass is 9.79. The highest BCUT2D eigenvalue weighted by atomic mass is 14.9. The quantitative estimate of drug-likeness (QED) is 0.564. The predicted molar refractivity (Wildman–Crippen MR) is 40.4 cm³/mol. The van der Waals surface area contributed by atoms with Gasteiger partial charge < -0.3 is 5.32 Å². The molecule has 0 aromatic carbocycles. The van der Waals surface area contributed by atoms with E-state index in [9.17, 15) is 0 Å². The fraction of sp³-hybridized carbons (Fsp3) is 1.00. The molecule has 9 heavy (non-hydrogen) atoms. The Kier molecular flexibility index (Phi) is 1.80. The maximum atomic E-state index is 3.41. The van der Waals surface area contributed by atoms with E-state index in [-0.39, 0.29) is 0 Å². The first-order valence-corrected chi connectivity index (χ1v) is 3.90. The van der Waals surface area contributed by atoms with Crippen molar-refractivity contribution in [3.8, 4) is 0 Å². The summed E-state index contributed by atoms with van der Waals surface area (Å²) in [6.45, 7) is 9.42. The second-order valence-electron chi connectivity index (χ2n) is 3.54. The highest BCUT2D eigenvalue weighted by Gasteiger charge is 2.33. The van der Waals surface area contributed by atoms with Crippen LogP contribution < -0.4 is 5.32 Å². The van der Waals surface area contributed by atoms with E-state index < -0.39 is 0 Å². The van der Waals surface area contributed by atoms with Crippen molar-refractivity contribution in [3.63, 3.8) is 0 Å². The highest BCUT2D eigenvalue weighted by molar-refractivity contribution is 4.87. The molecular weight excluding hydrogens is 110 g/mol. The molecule has 1 rings (SSSR count). The summed E-state index contributed by atoms with van der Waals surface area (Å²) >= 11 is 0. The van der Waals surface area contributed by atoms with Gasteiger partial charge in [-0.15, -0.1) is 0 Å². The van der Waals surface area contributed by atoms with Gasteiger partial charge in [0.05, 0.1) is 0 Å². The minimum Gasteiger partial charge on any atom is -0.316 e. The Morgan fingerprint density at radius 2 is 2.33 bits per heavy atom. The van der Waals surface area contributed by atoms with E-state index in [0.717, 1.165) is 5.92 Å². The molecular formula is C8H17N. The van der Waals surface area contributed by atoms with Gasteiger partial charge in [-0.1, -0.05) is 20.8 Å². The average Bonchev–Trinajstić information content (AvgIpc) is 2.15. The van der Waals surface area contributed by atoms with Crippen LogP contribution in [0.2, 0.25) is 0 Å².